The highest BCUT2D eigenvalue weighted by molar-refractivity contribution is 7.99. The fourth-order valence-corrected chi connectivity index (χ4v) is 3.11. The SMILES string of the molecule is Cc1cc(=O)[nH]c(SCC(=O)c2ccc(C)s2)n1. The summed E-state index contributed by atoms with van der Waals surface area (Å²) in [5.41, 5.74) is 0.463. The molecule has 0 unspecified atom stereocenters. The summed E-state index contributed by atoms with van der Waals surface area (Å²) in [6.45, 7) is 3.72. The summed E-state index contributed by atoms with van der Waals surface area (Å²) in [7, 11) is 0. The Bertz CT molecular complexity index is 631. The number of Topliss-reactive ketones (excluding diaryl/α,β-unsaturated/α-hetero) is 1. The number of aryl methyl sites for hydroxylation is 2. The molecule has 18 heavy (non-hydrogen) atoms. The summed E-state index contributed by atoms with van der Waals surface area (Å²) in [5, 5.41) is 0.488. The summed E-state index contributed by atoms with van der Waals surface area (Å²) in [5.74, 6) is 0.342. The van der Waals surface area contributed by atoms with E-state index >= 15 is 0 Å². The Morgan fingerprint density at radius 2 is 2.22 bits per heavy atom. The summed E-state index contributed by atoms with van der Waals surface area (Å²) in [4.78, 5) is 31.7. The van der Waals surface area contributed by atoms with E-state index in [1.807, 2.05) is 19.1 Å². The van der Waals surface area contributed by atoms with E-state index in [1.54, 1.807) is 6.92 Å². The Balaban J connectivity index is 2.03. The number of hydrogen-bond acceptors (Lipinski definition) is 5. The second-order valence-corrected chi connectivity index (χ2v) is 6.07. The fourth-order valence-electron chi connectivity index (χ4n) is 1.41. The fraction of sp³-hybridized carbons (Fsp3) is 0.250. The van der Waals surface area contributed by atoms with Crippen LogP contribution in [0.4, 0.5) is 0 Å². The van der Waals surface area contributed by atoms with Crippen LogP contribution < -0.4 is 5.56 Å². The van der Waals surface area contributed by atoms with Crippen LogP contribution in [0.25, 0.3) is 0 Å². The molecule has 0 aliphatic carbocycles. The van der Waals surface area contributed by atoms with E-state index in [4.69, 9.17) is 0 Å². The lowest BCUT2D eigenvalue weighted by Crippen LogP contribution is -2.09. The molecule has 0 amide bonds. The Hall–Kier alpha value is -1.40. The van der Waals surface area contributed by atoms with Crippen LogP contribution in [-0.2, 0) is 0 Å². The first kappa shape index (κ1) is 13.0. The Morgan fingerprint density at radius 3 is 2.83 bits per heavy atom. The highest BCUT2D eigenvalue weighted by atomic mass is 32.2. The maximum atomic E-state index is 11.9. The number of hydrogen-bond donors (Lipinski definition) is 1. The number of thioether (sulfide) groups is 1. The first-order valence-corrected chi connectivity index (χ1v) is 7.15. The number of carbonyl (C=O) groups is 1. The van der Waals surface area contributed by atoms with E-state index in [0.717, 1.165) is 9.75 Å². The van der Waals surface area contributed by atoms with Crippen molar-refractivity contribution in [3.63, 3.8) is 0 Å². The van der Waals surface area contributed by atoms with Crippen LogP contribution in [-0.4, -0.2) is 21.5 Å². The second kappa shape index (κ2) is 5.49. The van der Waals surface area contributed by atoms with Crippen LogP contribution in [0.3, 0.4) is 0 Å². The first-order chi connectivity index (χ1) is 8.54. The summed E-state index contributed by atoms with van der Waals surface area (Å²) in [6, 6.07) is 5.18. The van der Waals surface area contributed by atoms with Crippen molar-refractivity contribution in [3.05, 3.63) is 44.0 Å². The zero-order chi connectivity index (χ0) is 13.1. The minimum atomic E-state index is -0.190. The van der Waals surface area contributed by atoms with Gasteiger partial charge in [-0.2, -0.15) is 0 Å². The third kappa shape index (κ3) is 3.30. The molecule has 2 rings (SSSR count). The smallest absolute Gasteiger partial charge is 0.251 e. The lowest BCUT2D eigenvalue weighted by atomic mass is 10.3. The van der Waals surface area contributed by atoms with E-state index < -0.39 is 0 Å². The van der Waals surface area contributed by atoms with E-state index in [1.165, 1.54) is 29.2 Å². The van der Waals surface area contributed by atoms with Crippen molar-refractivity contribution in [1.82, 2.24) is 9.97 Å². The van der Waals surface area contributed by atoms with Crippen LogP contribution in [0.1, 0.15) is 20.2 Å². The number of nitrogens with zero attached hydrogens (tertiary/aromatic N) is 1. The largest absolute Gasteiger partial charge is 0.301 e. The van der Waals surface area contributed by atoms with Gasteiger partial charge in [0, 0.05) is 16.6 Å². The summed E-state index contributed by atoms with van der Waals surface area (Å²) < 4.78 is 0. The minimum Gasteiger partial charge on any atom is -0.301 e. The van der Waals surface area contributed by atoms with Gasteiger partial charge < -0.3 is 4.98 Å². The molecular formula is C12H12N2O2S2. The monoisotopic (exact) mass is 280 g/mol. The van der Waals surface area contributed by atoms with Gasteiger partial charge in [-0.25, -0.2) is 4.98 Å². The molecule has 0 atom stereocenters. The maximum absolute atomic E-state index is 11.9. The van der Waals surface area contributed by atoms with Crippen LogP contribution >= 0.6 is 23.1 Å². The van der Waals surface area contributed by atoms with Gasteiger partial charge in [0.1, 0.15) is 0 Å². The number of thiophene rings is 1. The molecule has 0 spiro atoms. The number of aromatic nitrogens is 2. The molecule has 0 saturated carbocycles. The highest BCUT2D eigenvalue weighted by Gasteiger charge is 2.10. The molecule has 2 heterocycles. The van der Waals surface area contributed by atoms with E-state index in [9.17, 15) is 9.59 Å². The molecule has 0 fully saturated rings. The number of nitrogens with one attached hydrogen (secondary N) is 1. The standard InChI is InChI=1S/C12H12N2O2S2/c1-7-5-11(16)14-12(13-7)17-6-9(15)10-4-3-8(2)18-10/h3-5H,6H2,1-2H3,(H,13,14,16). The van der Waals surface area contributed by atoms with Gasteiger partial charge in [0.25, 0.3) is 5.56 Å². The lowest BCUT2D eigenvalue weighted by molar-refractivity contribution is 0.102. The van der Waals surface area contributed by atoms with Crippen molar-refractivity contribution in [2.24, 2.45) is 0 Å². The topological polar surface area (TPSA) is 62.8 Å². The number of ketones is 1. The molecule has 94 valence electrons. The third-order valence-corrected chi connectivity index (χ3v) is 4.12. The van der Waals surface area contributed by atoms with Gasteiger partial charge in [0.15, 0.2) is 10.9 Å². The van der Waals surface area contributed by atoms with Gasteiger partial charge in [-0.05, 0) is 26.0 Å². The Kier molecular flexibility index (Phi) is 3.98. The molecule has 0 aromatic carbocycles. The molecular weight excluding hydrogens is 268 g/mol. The second-order valence-electron chi connectivity index (χ2n) is 3.81. The Morgan fingerprint density at radius 1 is 1.44 bits per heavy atom. The molecule has 0 bridgehead atoms. The molecule has 1 N–H and O–H groups in total. The number of H-pyrrole nitrogens is 1. The van der Waals surface area contributed by atoms with Crippen molar-refractivity contribution in [1.29, 1.82) is 0 Å². The van der Waals surface area contributed by atoms with E-state index in [-0.39, 0.29) is 17.1 Å². The highest BCUT2D eigenvalue weighted by Crippen LogP contribution is 2.19. The quantitative estimate of drug-likeness (QED) is 0.531. The zero-order valence-electron chi connectivity index (χ0n) is 10.0. The predicted molar refractivity (Wildman–Crippen MR) is 73.7 cm³/mol. The van der Waals surface area contributed by atoms with Gasteiger partial charge >= 0.3 is 0 Å². The average Bonchev–Trinajstić information content (AvgIpc) is 2.71. The molecule has 0 aliphatic rings. The average molecular weight is 280 g/mol. The van der Waals surface area contributed by atoms with Crippen molar-refractivity contribution in [2.45, 2.75) is 19.0 Å². The van der Waals surface area contributed by atoms with Crippen molar-refractivity contribution in [3.8, 4) is 0 Å². The number of carbonyl (C=O) groups excluding carboxylic acids is 1. The molecule has 2 aromatic heterocycles. The number of rotatable bonds is 4. The summed E-state index contributed by atoms with van der Waals surface area (Å²) >= 11 is 2.73. The maximum Gasteiger partial charge on any atom is 0.251 e. The third-order valence-electron chi connectivity index (χ3n) is 2.20. The molecule has 0 radical (unpaired) electrons. The van der Waals surface area contributed by atoms with Crippen LogP contribution in [0.2, 0.25) is 0 Å². The predicted octanol–water partition coefficient (Wildman–Crippen LogP) is 2.42. The van der Waals surface area contributed by atoms with Crippen molar-refractivity contribution < 1.29 is 4.79 Å². The Labute approximate surface area is 112 Å². The van der Waals surface area contributed by atoms with Gasteiger partial charge in [-0.3, -0.25) is 9.59 Å². The lowest BCUT2D eigenvalue weighted by Gasteiger charge is -2.00. The van der Waals surface area contributed by atoms with Gasteiger partial charge in [-0.1, -0.05) is 11.8 Å². The molecule has 4 nitrogen and oxygen atoms in total. The van der Waals surface area contributed by atoms with Crippen molar-refractivity contribution in [2.75, 3.05) is 5.75 Å². The minimum absolute atomic E-state index is 0.0576. The zero-order valence-corrected chi connectivity index (χ0v) is 11.7. The van der Waals surface area contributed by atoms with Crippen molar-refractivity contribution >= 4 is 28.9 Å². The molecule has 0 saturated heterocycles. The van der Waals surface area contributed by atoms with Gasteiger partial charge in [0.2, 0.25) is 0 Å². The van der Waals surface area contributed by atoms with Crippen LogP contribution in [0, 0.1) is 13.8 Å². The van der Waals surface area contributed by atoms with Crippen LogP contribution in [0.5, 0.6) is 0 Å². The first-order valence-electron chi connectivity index (χ1n) is 5.35. The summed E-state index contributed by atoms with van der Waals surface area (Å²) in [6.07, 6.45) is 0. The van der Waals surface area contributed by atoms with E-state index in [0.29, 0.717) is 10.9 Å². The normalized spacial score (nSPS) is 10.6. The van der Waals surface area contributed by atoms with E-state index in [2.05, 4.69) is 9.97 Å². The molecule has 6 heteroatoms. The van der Waals surface area contributed by atoms with Gasteiger partial charge in [0.05, 0.1) is 10.6 Å². The molecule has 2 aromatic rings. The molecule has 0 aliphatic heterocycles. The number of aromatic amines is 1. The van der Waals surface area contributed by atoms with Crippen LogP contribution in [0.15, 0.2) is 28.2 Å². The van der Waals surface area contributed by atoms with Gasteiger partial charge in [-0.15, -0.1) is 11.3 Å².